The Kier molecular flexibility index (Phi) is 4.05. The predicted molar refractivity (Wildman–Crippen MR) is 84.9 cm³/mol. The van der Waals surface area contributed by atoms with E-state index in [1.807, 2.05) is 30.3 Å². The number of methoxy groups -OCH3 is 1. The molecule has 4 heteroatoms. The third kappa shape index (κ3) is 2.56. The lowest BCUT2D eigenvalue weighted by atomic mass is 10.0. The number of hydrogen-bond donors (Lipinski definition) is 1. The Morgan fingerprint density at radius 3 is 2.50 bits per heavy atom. The average Bonchev–Trinajstić information content (AvgIpc) is 2.85. The molecule has 2 aromatic carbocycles. The Labute approximate surface area is 130 Å². The Balaban J connectivity index is 1.90. The molecule has 1 fully saturated rings. The first-order valence-electron chi connectivity index (χ1n) is 7.41. The van der Waals surface area contributed by atoms with Crippen molar-refractivity contribution in [2.24, 2.45) is 0 Å². The molecule has 0 unspecified atom stereocenters. The van der Waals surface area contributed by atoms with Crippen molar-refractivity contribution >= 4 is 0 Å². The van der Waals surface area contributed by atoms with Crippen LogP contribution >= 0.6 is 0 Å². The van der Waals surface area contributed by atoms with Gasteiger partial charge >= 0.3 is 0 Å². The minimum atomic E-state index is -0.158. The summed E-state index contributed by atoms with van der Waals surface area (Å²) in [4.78, 5) is 2.20. The molecule has 1 aliphatic rings. The van der Waals surface area contributed by atoms with Gasteiger partial charge in [0.1, 0.15) is 12.3 Å². The summed E-state index contributed by atoms with van der Waals surface area (Å²) in [5, 5.41) is 9.75. The Bertz CT molecular complexity index is 644. The summed E-state index contributed by atoms with van der Waals surface area (Å²) in [7, 11) is 3.60. The molecule has 3 atom stereocenters. The van der Waals surface area contributed by atoms with E-state index in [0.29, 0.717) is 5.75 Å². The second kappa shape index (κ2) is 5.99. The van der Waals surface area contributed by atoms with Gasteiger partial charge in [0.05, 0.1) is 7.11 Å². The normalized spacial score (nSPS) is 25.3. The molecular formula is C18H21NO3. The van der Waals surface area contributed by atoms with Crippen molar-refractivity contribution in [1.29, 1.82) is 0 Å². The Hall–Kier alpha value is -2.04. The van der Waals surface area contributed by atoms with E-state index >= 15 is 0 Å². The van der Waals surface area contributed by atoms with Crippen molar-refractivity contribution < 1.29 is 14.6 Å². The van der Waals surface area contributed by atoms with Crippen LogP contribution in [0.5, 0.6) is 11.5 Å². The summed E-state index contributed by atoms with van der Waals surface area (Å²) in [6.07, 6.45) is -0.134. The average molecular weight is 299 g/mol. The summed E-state index contributed by atoms with van der Waals surface area (Å²) >= 11 is 0. The highest BCUT2D eigenvalue weighted by Crippen LogP contribution is 2.42. The fraction of sp³-hybridized carbons (Fsp3) is 0.333. The number of rotatable bonds is 3. The molecule has 2 aromatic rings. The Morgan fingerprint density at radius 2 is 1.82 bits per heavy atom. The topological polar surface area (TPSA) is 41.9 Å². The van der Waals surface area contributed by atoms with Crippen LogP contribution in [0.15, 0.2) is 48.5 Å². The van der Waals surface area contributed by atoms with Crippen molar-refractivity contribution in [2.45, 2.75) is 25.3 Å². The molecule has 0 bridgehead atoms. The zero-order valence-corrected chi connectivity index (χ0v) is 13.1. The first-order valence-corrected chi connectivity index (χ1v) is 7.41. The summed E-state index contributed by atoms with van der Waals surface area (Å²) in [6.45, 7) is 2.16. The van der Waals surface area contributed by atoms with Gasteiger partial charge in [0.15, 0.2) is 11.5 Å². The monoisotopic (exact) mass is 299 g/mol. The zero-order chi connectivity index (χ0) is 15.7. The van der Waals surface area contributed by atoms with Crippen molar-refractivity contribution in [3.05, 3.63) is 59.7 Å². The molecular weight excluding hydrogens is 278 g/mol. The molecule has 0 aromatic heterocycles. The van der Waals surface area contributed by atoms with Crippen LogP contribution in [0, 0.1) is 0 Å². The molecule has 1 saturated heterocycles. The number of likely N-dealkylation sites (N-methyl/N-ethyl adjacent to an activating group) is 1. The fourth-order valence-corrected chi connectivity index (χ4v) is 2.94. The van der Waals surface area contributed by atoms with Crippen LogP contribution in [0.2, 0.25) is 0 Å². The van der Waals surface area contributed by atoms with E-state index < -0.39 is 0 Å². The zero-order valence-electron chi connectivity index (χ0n) is 13.1. The molecule has 0 amide bonds. The number of phenols is 1. The maximum atomic E-state index is 9.75. The number of benzene rings is 2. The third-order valence-electron chi connectivity index (χ3n) is 4.34. The minimum Gasteiger partial charge on any atom is -0.504 e. The van der Waals surface area contributed by atoms with Gasteiger partial charge in [-0.15, -0.1) is 0 Å². The molecule has 22 heavy (non-hydrogen) atoms. The molecule has 4 nitrogen and oxygen atoms in total. The summed E-state index contributed by atoms with van der Waals surface area (Å²) < 4.78 is 11.5. The van der Waals surface area contributed by atoms with Crippen LogP contribution in [-0.2, 0) is 4.74 Å². The summed E-state index contributed by atoms with van der Waals surface area (Å²) in [6, 6.07) is 15.9. The maximum Gasteiger partial charge on any atom is 0.160 e. The van der Waals surface area contributed by atoms with Crippen molar-refractivity contribution in [3.63, 3.8) is 0 Å². The van der Waals surface area contributed by atoms with Gasteiger partial charge in [-0.25, -0.2) is 0 Å². The SMILES string of the molecule is COc1cc([C@H]2O[C@H](c3ccccc3)[C@H](C)N2C)ccc1O. The lowest BCUT2D eigenvalue weighted by molar-refractivity contribution is 0.00545. The minimum absolute atomic E-state index is 0.0241. The fourth-order valence-electron chi connectivity index (χ4n) is 2.94. The van der Waals surface area contributed by atoms with Gasteiger partial charge in [-0.3, -0.25) is 4.90 Å². The van der Waals surface area contributed by atoms with Gasteiger partial charge in [-0.2, -0.15) is 0 Å². The van der Waals surface area contributed by atoms with Gasteiger partial charge in [-0.1, -0.05) is 36.4 Å². The van der Waals surface area contributed by atoms with Crippen LogP contribution in [0.3, 0.4) is 0 Å². The van der Waals surface area contributed by atoms with E-state index in [4.69, 9.17) is 9.47 Å². The Morgan fingerprint density at radius 1 is 1.09 bits per heavy atom. The molecule has 1 aliphatic heterocycles. The largest absolute Gasteiger partial charge is 0.504 e. The van der Waals surface area contributed by atoms with Crippen LogP contribution < -0.4 is 4.74 Å². The molecule has 0 aliphatic carbocycles. The van der Waals surface area contributed by atoms with E-state index in [1.54, 1.807) is 13.2 Å². The second-order valence-electron chi connectivity index (χ2n) is 5.66. The van der Waals surface area contributed by atoms with Gasteiger partial charge in [0, 0.05) is 6.04 Å². The molecule has 1 heterocycles. The number of hydrogen-bond acceptors (Lipinski definition) is 4. The van der Waals surface area contributed by atoms with Crippen molar-refractivity contribution in [1.82, 2.24) is 4.90 Å². The van der Waals surface area contributed by atoms with E-state index in [1.165, 1.54) is 5.56 Å². The maximum absolute atomic E-state index is 9.75. The van der Waals surface area contributed by atoms with E-state index in [9.17, 15) is 5.11 Å². The lowest BCUT2D eigenvalue weighted by Crippen LogP contribution is -2.27. The number of nitrogens with zero attached hydrogens (tertiary/aromatic N) is 1. The molecule has 116 valence electrons. The first kappa shape index (κ1) is 14.9. The molecule has 3 rings (SSSR count). The van der Waals surface area contributed by atoms with Crippen LogP contribution in [0.4, 0.5) is 0 Å². The first-order chi connectivity index (χ1) is 10.6. The van der Waals surface area contributed by atoms with Gasteiger partial charge in [-0.05, 0) is 37.2 Å². The van der Waals surface area contributed by atoms with E-state index in [2.05, 4.69) is 31.0 Å². The number of aromatic hydroxyl groups is 1. The van der Waals surface area contributed by atoms with Crippen LogP contribution in [-0.4, -0.2) is 30.2 Å². The molecule has 0 radical (unpaired) electrons. The van der Waals surface area contributed by atoms with Gasteiger partial charge in [0.2, 0.25) is 0 Å². The van der Waals surface area contributed by atoms with E-state index in [0.717, 1.165) is 5.56 Å². The summed E-state index contributed by atoms with van der Waals surface area (Å²) in [5.74, 6) is 0.602. The molecule has 0 spiro atoms. The molecule has 0 saturated carbocycles. The second-order valence-corrected chi connectivity index (χ2v) is 5.66. The highest BCUT2D eigenvalue weighted by atomic mass is 16.5. The van der Waals surface area contributed by atoms with Crippen LogP contribution in [0.1, 0.15) is 30.4 Å². The number of ether oxygens (including phenoxy) is 2. The lowest BCUT2D eigenvalue weighted by Gasteiger charge is -2.22. The van der Waals surface area contributed by atoms with E-state index in [-0.39, 0.29) is 24.1 Å². The van der Waals surface area contributed by atoms with Crippen LogP contribution in [0.25, 0.3) is 0 Å². The molecule has 1 N–H and O–H groups in total. The van der Waals surface area contributed by atoms with Gasteiger partial charge in [0.25, 0.3) is 0 Å². The van der Waals surface area contributed by atoms with Crippen molar-refractivity contribution in [3.8, 4) is 11.5 Å². The standard InChI is InChI=1S/C18H21NO3/c1-12-17(13-7-5-4-6-8-13)22-18(19(12)2)14-9-10-15(20)16(11-14)21-3/h4-12,17-18,20H,1-3H3/t12-,17-,18+/m0/s1. The highest BCUT2D eigenvalue weighted by molar-refractivity contribution is 5.42. The predicted octanol–water partition coefficient (Wildman–Crippen LogP) is 3.49. The summed E-state index contributed by atoms with van der Waals surface area (Å²) in [5.41, 5.74) is 2.15. The smallest absolute Gasteiger partial charge is 0.160 e. The quantitative estimate of drug-likeness (QED) is 0.942. The van der Waals surface area contributed by atoms with Crippen molar-refractivity contribution in [2.75, 3.05) is 14.2 Å². The third-order valence-corrected chi connectivity index (χ3v) is 4.34. The highest BCUT2D eigenvalue weighted by Gasteiger charge is 2.38. The van der Waals surface area contributed by atoms with Gasteiger partial charge < -0.3 is 14.6 Å². The number of phenolic OH excluding ortho intramolecular Hbond substituents is 1.